The van der Waals surface area contributed by atoms with Crippen LogP contribution in [0.5, 0.6) is 0 Å². The van der Waals surface area contributed by atoms with Crippen LogP contribution in [0.25, 0.3) is 0 Å². The first-order chi connectivity index (χ1) is 8.50. The zero-order chi connectivity index (χ0) is 13.5. The highest BCUT2D eigenvalue weighted by molar-refractivity contribution is 8.00. The van der Waals surface area contributed by atoms with Gasteiger partial charge in [0.05, 0.1) is 0 Å². The zero-order valence-corrected chi connectivity index (χ0v) is 11.0. The number of amides is 1. The maximum Gasteiger partial charge on any atom is 0.316 e. The average Bonchev–Trinajstić information content (AvgIpc) is 2.34. The van der Waals surface area contributed by atoms with Gasteiger partial charge in [0, 0.05) is 11.7 Å². The van der Waals surface area contributed by atoms with Crippen molar-refractivity contribution >= 4 is 23.6 Å². The molecular weight excluding hydrogens is 250 g/mol. The molecule has 2 atom stereocenters. The molecule has 0 saturated carbocycles. The molecule has 0 spiro atoms. The molecule has 0 aliphatic heterocycles. The quantitative estimate of drug-likeness (QED) is 0.785. The minimum Gasteiger partial charge on any atom is -0.480 e. The summed E-state index contributed by atoms with van der Waals surface area (Å²) in [6.07, 6.45) is 0.451. The van der Waals surface area contributed by atoms with Crippen molar-refractivity contribution in [1.82, 2.24) is 0 Å². The highest BCUT2D eigenvalue weighted by Gasteiger charge is 2.20. The number of carboxylic acids is 1. The fourth-order valence-corrected chi connectivity index (χ4v) is 2.53. The first-order valence-corrected chi connectivity index (χ1v) is 6.73. The van der Waals surface area contributed by atoms with Crippen molar-refractivity contribution in [3.8, 4) is 0 Å². The second-order valence-corrected chi connectivity index (χ2v) is 5.39. The first-order valence-electron chi connectivity index (χ1n) is 5.68. The molecule has 98 valence electrons. The summed E-state index contributed by atoms with van der Waals surface area (Å²) in [5, 5.41) is 8.60. The Bertz CT molecular complexity index is 408. The normalized spacial score (nSPS) is 13.8. The average molecular weight is 267 g/mol. The number of carbonyl (C=O) groups is 2. The lowest BCUT2D eigenvalue weighted by Gasteiger charge is -2.14. The van der Waals surface area contributed by atoms with E-state index in [1.54, 1.807) is 6.92 Å². The third-order valence-corrected chi connectivity index (χ3v) is 4.04. The van der Waals surface area contributed by atoms with Gasteiger partial charge in [-0.05, 0) is 12.0 Å². The van der Waals surface area contributed by atoms with Crippen LogP contribution in [0.3, 0.4) is 0 Å². The van der Waals surface area contributed by atoms with E-state index in [0.29, 0.717) is 12.2 Å². The number of rotatable bonds is 7. The van der Waals surface area contributed by atoms with Crippen LogP contribution in [-0.2, 0) is 16.0 Å². The smallest absolute Gasteiger partial charge is 0.316 e. The predicted octanol–water partition coefficient (Wildman–Crippen LogP) is 1.54. The van der Waals surface area contributed by atoms with E-state index in [1.165, 1.54) is 11.8 Å². The fourth-order valence-electron chi connectivity index (χ4n) is 1.39. The van der Waals surface area contributed by atoms with Crippen molar-refractivity contribution < 1.29 is 14.7 Å². The highest BCUT2D eigenvalue weighted by Crippen LogP contribution is 2.19. The van der Waals surface area contributed by atoms with Crippen molar-refractivity contribution in [2.24, 2.45) is 11.7 Å². The molecule has 0 fully saturated rings. The highest BCUT2D eigenvalue weighted by atomic mass is 32.2. The van der Waals surface area contributed by atoms with E-state index in [-0.39, 0.29) is 5.92 Å². The summed E-state index contributed by atoms with van der Waals surface area (Å²) in [6, 6.07) is 9.44. The number of benzene rings is 1. The number of nitrogens with two attached hydrogens (primary N) is 1. The molecule has 0 radical (unpaired) electrons. The summed E-state index contributed by atoms with van der Waals surface area (Å²) >= 11 is 1.26. The second-order valence-electron chi connectivity index (χ2n) is 4.15. The van der Waals surface area contributed by atoms with Gasteiger partial charge in [0.15, 0.2) is 0 Å². The lowest BCUT2D eigenvalue weighted by atomic mass is 10.1. The maximum absolute atomic E-state index is 11.1. The van der Waals surface area contributed by atoms with Crippen LogP contribution in [0, 0.1) is 5.92 Å². The van der Waals surface area contributed by atoms with Crippen molar-refractivity contribution in [2.75, 3.05) is 5.75 Å². The van der Waals surface area contributed by atoms with Gasteiger partial charge >= 0.3 is 5.97 Å². The fraction of sp³-hybridized carbons (Fsp3) is 0.385. The number of hydrogen-bond acceptors (Lipinski definition) is 3. The Hall–Kier alpha value is -1.49. The topological polar surface area (TPSA) is 80.4 Å². The predicted molar refractivity (Wildman–Crippen MR) is 72.4 cm³/mol. The van der Waals surface area contributed by atoms with Gasteiger partial charge in [0.25, 0.3) is 0 Å². The summed E-state index contributed by atoms with van der Waals surface area (Å²) in [7, 11) is 0. The third kappa shape index (κ3) is 4.79. The maximum atomic E-state index is 11.1. The Morgan fingerprint density at radius 3 is 2.44 bits per heavy atom. The molecule has 0 heterocycles. The molecule has 1 rings (SSSR count). The summed E-state index contributed by atoms with van der Waals surface area (Å²) in [5.74, 6) is -1.14. The van der Waals surface area contributed by atoms with Crippen LogP contribution in [-0.4, -0.2) is 28.0 Å². The monoisotopic (exact) mass is 267 g/mol. The van der Waals surface area contributed by atoms with Gasteiger partial charge in [-0.1, -0.05) is 37.3 Å². The van der Waals surface area contributed by atoms with E-state index in [9.17, 15) is 9.59 Å². The molecule has 0 saturated heterocycles. The molecule has 3 N–H and O–H groups in total. The van der Waals surface area contributed by atoms with Crippen molar-refractivity contribution in [2.45, 2.75) is 18.6 Å². The number of primary amides is 1. The van der Waals surface area contributed by atoms with Crippen molar-refractivity contribution in [3.05, 3.63) is 35.9 Å². The molecular formula is C13H17NO3S. The molecule has 1 amide bonds. The number of hydrogen-bond donors (Lipinski definition) is 2. The van der Waals surface area contributed by atoms with Crippen LogP contribution < -0.4 is 5.73 Å². The molecule has 0 aliphatic carbocycles. The van der Waals surface area contributed by atoms with Gasteiger partial charge in [-0.25, -0.2) is 0 Å². The van der Waals surface area contributed by atoms with Crippen LogP contribution >= 0.6 is 11.8 Å². The third-order valence-electron chi connectivity index (χ3n) is 2.57. The second kappa shape index (κ2) is 7.06. The first kappa shape index (κ1) is 14.6. The molecule has 1 aromatic rings. The van der Waals surface area contributed by atoms with Crippen LogP contribution in [0.1, 0.15) is 12.5 Å². The Morgan fingerprint density at radius 1 is 1.33 bits per heavy atom. The lowest BCUT2D eigenvalue weighted by molar-refractivity contribution is -0.136. The van der Waals surface area contributed by atoms with E-state index in [0.717, 1.165) is 5.56 Å². The minimum absolute atomic E-state index is 0.312. The van der Waals surface area contributed by atoms with Crippen molar-refractivity contribution in [1.29, 1.82) is 0 Å². The molecule has 18 heavy (non-hydrogen) atoms. The Morgan fingerprint density at radius 2 is 1.94 bits per heavy atom. The summed E-state index contributed by atoms with van der Waals surface area (Å²) in [4.78, 5) is 22.1. The van der Waals surface area contributed by atoms with E-state index < -0.39 is 17.1 Å². The van der Waals surface area contributed by atoms with Crippen LogP contribution in [0.2, 0.25) is 0 Å². The standard InChI is InChI=1S/C13H17NO3S/c1-9(12(14)15)8-18-11(13(16)17)7-10-5-3-2-4-6-10/h2-6,9,11H,7-8H2,1H3,(H2,14,15)(H,16,17). The number of aliphatic carboxylic acids is 1. The molecule has 4 nitrogen and oxygen atoms in total. The van der Waals surface area contributed by atoms with Gasteiger partial charge in [-0.15, -0.1) is 11.8 Å². The molecule has 0 aromatic heterocycles. The molecule has 0 bridgehead atoms. The minimum atomic E-state index is -0.861. The summed E-state index contributed by atoms with van der Waals surface area (Å²) in [6.45, 7) is 1.71. The van der Waals surface area contributed by atoms with E-state index in [4.69, 9.17) is 10.8 Å². The van der Waals surface area contributed by atoms with Crippen LogP contribution in [0.4, 0.5) is 0 Å². The van der Waals surface area contributed by atoms with E-state index in [2.05, 4.69) is 0 Å². The molecule has 1 aromatic carbocycles. The molecule has 0 aliphatic rings. The van der Waals surface area contributed by atoms with Gasteiger partial charge in [-0.2, -0.15) is 0 Å². The van der Waals surface area contributed by atoms with E-state index in [1.807, 2.05) is 30.3 Å². The Balaban J connectivity index is 2.56. The number of carbonyl (C=O) groups excluding carboxylic acids is 1. The Labute approximate surface area is 111 Å². The SMILES string of the molecule is CC(CSC(Cc1ccccc1)C(=O)O)C(N)=O. The summed E-state index contributed by atoms with van der Waals surface area (Å²) in [5.41, 5.74) is 6.13. The Kier molecular flexibility index (Phi) is 5.71. The zero-order valence-electron chi connectivity index (χ0n) is 10.2. The number of carboxylic acid groups (broad SMARTS) is 1. The van der Waals surface area contributed by atoms with Gasteiger partial charge in [0.1, 0.15) is 5.25 Å². The number of thioether (sulfide) groups is 1. The van der Waals surface area contributed by atoms with Crippen molar-refractivity contribution in [3.63, 3.8) is 0 Å². The molecule has 5 heteroatoms. The largest absolute Gasteiger partial charge is 0.480 e. The lowest BCUT2D eigenvalue weighted by Crippen LogP contribution is -2.26. The van der Waals surface area contributed by atoms with Gasteiger partial charge < -0.3 is 10.8 Å². The van der Waals surface area contributed by atoms with E-state index >= 15 is 0 Å². The molecule has 2 unspecified atom stereocenters. The van der Waals surface area contributed by atoms with Gasteiger partial charge in [0.2, 0.25) is 5.91 Å². The van der Waals surface area contributed by atoms with Crippen LogP contribution in [0.15, 0.2) is 30.3 Å². The summed E-state index contributed by atoms with van der Waals surface area (Å²) < 4.78 is 0. The van der Waals surface area contributed by atoms with Gasteiger partial charge in [-0.3, -0.25) is 9.59 Å².